The summed E-state index contributed by atoms with van der Waals surface area (Å²) in [6, 6.07) is 12.2. The highest BCUT2D eigenvalue weighted by molar-refractivity contribution is 6.00. The van der Waals surface area contributed by atoms with Crippen molar-refractivity contribution in [3.05, 3.63) is 77.0 Å². The Morgan fingerprint density at radius 2 is 1.92 bits per heavy atom. The second-order valence-corrected chi connectivity index (χ2v) is 9.32. The van der Waals surface area contributed by atoms with Crippen molar-refractivity contribution in [3.8, 4) is 5.69 Å². The third-order valence-electron chi connectivity index (χ3n) is 6.86. The average Bonchev–Trinajstić information content (AvgIpc) is 3.53. The summed E-state index contributed by atoms with van der Waals surface area (Å²) < 4.78 is 34.3. The van der Waals surface area contributed by atoms with Crippen LogP contribution in [0.4, 0.5) is 19.4 Å². The van der Waals surface area contributed by atoms with E-state index in [4.69, 9.17) is 4.74 Å². The van der Waals surface area contributed by atoms with Crippen molar-refractivity contribution in [2.45, 2.75) is 18.5 Å². The summed E-state index contributed by atoms with van der Waals surface area (Å²) in [5.74, 6) is -1.89. The van der Waals surface area contributed by atoms with Crippen molar-refractivity contribution in [1.29, 1.82) is 0 Å². The number of rotatable bonds is 7. The molecule has 2 aliphatic rings. The molecule has 3 amide bonds. The molecule has 2 N–H and O–H groups in total. The molecule has 5 rings (SSSR count). The zero-order valence-electron chi connectivity index (χ0n) is 20.6. The van der Waals surface area contributed by atoms with E-state index < -0.39 is 17.7 Å². The summed E-state index contributed by atoms with van der Waals surface area (Å²) in [4.78, 5) is 29.5. The molecule has 1 saturated heterocycles. The lowest BCUT2D eigenvalue weighted by molar-refractivity contribution is 0.0810. The van der Waals surface area contributed by atoms with Gasteiger partial charge in [0.15, 0.2) is 17.3 Å². The maximum Gasteiger partial charge on any atom is 0.320 e. The van der Waals surface area contributed by atoms with Crippen LogP contribution in [0.15, 0.2) is 48.5 Å². The van der Waals surface area contributed by atoms with E-state index in [0.717, 1.165) is 6.07 Å². The second-order valence-electron chi connectivity index (χ2n) is 9.32. The first-order valence-electron chi connectivity index (χ1n) is 12.0. The van der Waals surface area contributed by atoms with Crippen molar-refractivity contribution in [2.24, 2.45) is 0 Å². The molecule has 0 aliphatic carbocycles. The van der Waals surface area contributed by atoms with E-state index in [1.165, 1.54) is 6.07 Å². The molecule has 1 fully saturated rings. The largest absolute Gasteiger partial charge is 0.383 e. The third kappa shape index (κ3) is 4.92. The fourth-order valence-electron chi connectivity index (χ4n) is 4.97. The molecule has 37 heavy (non-hydrogen) atoms. The van der Waals surface area contributed by atoms with Gasteiger partial charge in [0.25, 0.3) is 5.91 Å². The first-order valence-corrected chi connectivity index (χ1v) is 12.0. The van der Waals surface area contributed by atoms with Crippen LogP contribution in [0.1, 0.15) is 27.5 Å². The maximum atomic E-state index is 14.0. The molecule has 3 heterocycles. The Kier molecular flexibility index (Phi) is 6.90. The van der Waals surface area contributed by atoms with Crippen molar-refractivity contribution >= 4 is 17.8 Å². The number of halogens is 2. The van der Waals surface area contributed by atoms with Gasteiger partial charge in [-0.1, -0.05) is 24.3 Å². The van der Waals surface area contributed by atoms with Gasteiger partial charge in [-0.25, -0.2) is 18.3 Å². The number of amides is 3. The number of hydrogen-bond donors (Lipinski definition) is 2. The van der Waals surface area contributed by atoms with Gasteiger partial charge in [0.1, 0.15) is 5.82 Å². The number of ether oxygens (including phenoxy) is 1. The Morgan fingerprint density at radius 3 is 2.65 bits per heavy atom. The molecule has 2 atom stereocenters. The molecule has 11 heteroatoms. The number of nitrogens with one attached hydrogen (secondary N) is 2. The number of urea groups is 1. The molecule has 2 unspecified atom stereocenters. The van der Waals surface area contributed by atoms with Crippen molar-refractivity contribution in [3.63, 3.8) is 0 Å². The molecule has 194 valence electrons. The molecule has 2 aliphatic heterocycles. The standard InChI is InChI=1S/C26H28F2N6O3/c1-32-13-19-23(25(32)35)31-34(17-6-4-3-5-7-17)24(19)30-26(36)29-22-15-33(10-11-37-2)14-18(22)16-8-9-20(27)21(28)12-16/h3-9,12,18,22H,10-11,13-15H2,1-2H3,(H2,29,30,36). The van der Waals surface area contributed by atoms with Gasteiger partial charge in [-0.2, -0.15) is 5.10 Å². The highest BCUT2D eigenvalue weighted by Crippen LogP contribution is 2.32. The average molecular weight is 511 g/mol. The maximum absolute atomic E-state index is 14.0. The predicted octanol–water partition coefficient (Wildman–Crippen LogP) is 2.97. The van der Waals surface area contributed by atoms with Gasteiger partial charge >= 0.3 is 6.03 Å². The molecule has 2 aromatic carbocycles. The first kappa shape index (κ1) is 24.8. The Hall–Kier alpha value is -3.83. The molecule has 0 saturated carbocycles. The molecule has 9 nitrogen and oxygen atoms in total. The van der Waals surface area contributed by atoms with E-state index in [0.29, 0.717) is 61.1 Å². The molecule has 0 radical (unpaired) electrons. The van der Waals surface area contributed by atoms with E-state index in [2.05, 4.69) is 20.6 Å². The number of carbonyl (C=O) groups is 2. The molecule has 1 aromatic heterocycles. The summed E-state index contributed by atoms with van der Waals surface area (Å²) >= 11 is 0. The number of methoxy groups -OCH3 is 1. The number of likely N-dealkylation sites (tertiary alicyclic amines) is 1. The zero-order valence-corrected chi connectivity index (χ0v) is 20.6. The van der Waals surface area contributed by atoms with Gasteiger partial charge < -0.3 is 15.0 Å². The highest BCUT2D eigenvalue weighted by atomic mass is 19.2. The van der Waals surface area contributed by atoms with Crippen LogP contribution in [0.3, 0.4) is 0 Å². The third-order valence-corrected chi connectivity index (χ3v) is 6.86. The van der Waals surface area contributed by atoms with Crippen LogP contribution in [-0.4, -0.2) is 78.0 Å². The van der Waals surface area contributed by atoms with Crippen LogP contribution in [0.25, 0.3) is 5.69 Å². The number of benzene rings is 2. The number of para-hydroxylation sites is 1. The predicted molar refractivity (Wildman–Crippen MR) is 133 cm³/mol. The van der Waals surface area contributed by atoms with Crippen molar-refractivity contribution < 1.29 is 23.1 Å². The fraction of sp³-hybridized carbons (Fsp3) is 0.346. The van der Waals surface area contributed by atoms with Gasteiger partial charge in [-0.3, -0.25) is 15.0 Å². The van der Waals surface area contributed by atoms with Crippen molar-refractivity contribution in [1.82, 2.24) is 24.9 Å². The zero-order chi connectivity index (χ0) is 26.1. The number of carbonyl (C=O) groups excluding carboxylic acids is 2. The van der Waals surface area contributed by atoms with Crippen molar-refractivity contribution in [2.75, 3.05) is 45.7 Å². The topological polar surface area (TPSA) is 91.7 Å². The Bertz CT molecular complexity index is 1320. The molecule has 0 bridgehead atoms. The van der Waals surface area contributed by atoms with E-state index in [-0.39, 0.29) is 17.9 Å². The molecule has 3 aromatic rings. The lowest BCUT2D eigenvalue weighted by atomic mass is 9.94. The van der Waals surface area contributed by atoms with E-state index in [9.17, 15) is 18.4 Å². The van der Waals surface area contributed by atoms with Gasteiger partial charge in [-0.15, -0.1) is 0 Å². The Morgan fingerprint density at radius 1 is 1.14 bits per heavy atom. The Labute approximate surface area is 213 Å². The summed E-state index contributed by atoms with van der Waals surface area (Å²) in [5, 5.41) is 10.4. The molecular formula is C26H28F2N6O3. The summed E-state index contributed by atoms with van der Waals surface area (Å²) in [6.45, 7) is 2.53. The van der Waals surface area contributed by atoms with Gasteiger partial charge in [0.2, 0.25) is 0 Å². The number of nitrogens with zero attached hydrogens (tertiary/aromatic N) is 4. The van der Waals surface area contributed by atoms with Crippen LogP contribution in [0.2, 0.25) is 0 Å². The van der Waals surface area contributed by atoms with Gasteiger partial charge in [0.05, 0.1) is 24.9 Å². The van der Waals surface area contributed by atoms with E-state index in [1.54, 1.807) is 29.8 Å². The van der Waals surface area contributed by atoms with Gasteiger partial charge in [-0.05, 0) is 29.8 Å². The summed E-state index contributed by atoms with van der Waals surface area (Å²) in [5.41, 5.74) is 2.24. The van der Waals surface area contributed by atoms with Gasteiger partial charge in [0, 0.05) is 45.3 Å². The van der Waals surface area contributed by atoms with Crippen LogP contribution < -0.4 is 10.6 Å². The lowest BCUT2D eigenvalue weighted by Gasteiger charge is -2.21. The summed E-state index contributed by atoms with van der Waals surface area (Å²) in [6.07, 6.45) is 0. The van der Waals surface area contributed by atoms with Crippen LogP contribution >= 0.6 is 0 Å². The number of fused-ring (bicyclic) bond motifs is 1. The lowest BCUT2D eigenvalue weighted by Crippen LogP contribution is -2.42. The van der Waals surface area contributed by atoms with Crippen LogP contribution in [0, 0.1) is 11.6 Å². The Balaban J connectivity index is 1.40. The van der Waals surface area contributed by atoms with Crippen LogP contribution in [0.5, 0.6) is 0 Å². The molecule has 0 spiro atoms. The minimum absolute atomic E-state index is 0.212. The minimum atomic E-state index is -0.924. The quantitative estimate of drug-likeness (QED) is 0.510. The monoisotopic (exact) mass is 510 g/mol. The number of anilines is 1. The fourth-order valence-corrected chi connectivity index (χ4v) is 4.97. The normalized spacial score (nSPS) is 19.4. The second kappa shape index (κ2) is 10.3. The van der Waals surface area contributed by atoms with E-state index >= 15 is 0 Å². The number of aromatic nitrogens is 2. The first-order chi connectivity index (χ1) is 17.9. The molecular weight excluding hydrogens is 482 g/mol. The highest BCUT2D eigenvalue weighted by Gasteiger charge is 2.37. The number of hydrogen-bond acceptors (Lipinski definition) is 5. The van der Waals surface area contributed by atoms with Crippen LogP contribution in [-0.2, 0) is 11.3 Å². The minimum Gasteiger partial charge on any atom is -0.383 e. The smallest absolute Gasteiger partial charge is 0.320 e. The summed E-state index contributed by atoms with van der Waals surface area (Å²) in [7, 11) is 3.29. The van der Waals surface area contributed by atoms with E-state index in [1.807, 2.05) is 30.3 Å². The SMILES string of the molecule is COCCN1CC(NC(=O)Nc2c3c(nn2-c2ccccc2)C(=O)N(C)C3)C(c2ccc(F)c(F)c2)C1.